The number of imidazole rings is 1. The molecule has 13 heavy (non-hydrogen) atoms. The Morgan fingerprint density at radius 3 is 2.54 bits per heavy atom. The zero-order valence-corrected chi connectivity index (χ0v) is 6.88. The Bertz CT molecular complexity index is 377. The number of aromatic nitrogens is 4. The first-order valence-electron chi connectivity index (χ1n) is 3.89. The molecule has 0 saturated heterocycles. The fraction of sp³-hybridized carbons (Fsp3) is 0. The summed E-state index contributed by atoms with van der Waals surface area (Å²) in [7, 11) is 0. The fourth-order valence-corrected chi connectivity index (χ4v) is 0.919. The Hall–Kier alpha value is -1.97. The lowest BCUT2D eigenvalue weighted by atomic mass is 10.4. The van der Waals surface area contributed by atoms with Crippen molar-refractivity contribution in [2.45, 2.75) is 0 Å². The van der Waals surface area contributed by atoms with Crippen LogP contribution in [0.15, 0.2) is 30.9 Å². The highest BCUT2D eigenvalue weighted by molar-refractivity contribution is 5.62. The molecule has 0 aliphatic rings. The predicted octanol–water partition coefficient (Wildman–Crippen LogP) is 1.37. The highest BCUT2D eigenvalue weighted by atomic mass is 14.9. The molecule has 2 aromatic rings. The van der Waals surface area contributed by atoms with Gasteiger partial charge in [-0.1, -0.05) is 0 Å². The van der Waals surface area contributed by atoms with Gasteiger partial charge in [0.2, 0.25) is 0 Å². The first-order chi connectivity index (χ1) is 6.45. The number of rotatable bonds is 2. The molecule has 0 spiro atoms. The molecule has 0 aliphatic carbocycles. The monoisotopic (exact) mass is 172 g/mol. The maximum atomic E-state index is 4.04. The Balaban J connectivity index is 2.15. The van der Waals surface area contributed by atoms with Gasteiger partial charge in [0, 0.05) is 24.8 Å². The van der Waals surface area contributed by atoms with Gasteiger partial charge in [0.05, 0.1) is 0 Å². The molecule has 4 nitrogen and oxygen atoms in total. The first-order valence-corrected chi connectivity index (χ1v) is 3.89. The van der Waals surface area contributed by atoms with Gasteiger partial charge in [-0.2, -0.15) is 0 Å². The van der Waals surface area contributed by atoms with Crippen LogP contribution in [0, 0.1) is 0 Å². The van der Waals surface area contributed by atoms with E-state index >= 15 is 0 Å². The summed E-state index contributed by atoms with van der Waals surface area (Å²) in [6.45, 7) is 0. The van der Waals surface area contributed by atoms with Crippen LogP contribution in [0.4, 0.5) is 0 Å². The summed E-state index contributed by atoms with van der Waals surface area (Å²) in [5, 5.41) is 0. The number of H-pyrrole nitrogens is 1. The van der Waals surface area contributed by atoms with E-state index in [9.17, 15) is 0 Å². The van der Waals surface area contributed by atoms with Crippen LogP contribution in [0.5, 0.6) is 0 Å². The van der Waals surface area contributed by atoms with E-state index in [2.05, 4.69) is 19.9 Å². The van der Waals surface area contributed by atoms with Crippen molar-refractivity contribution < 1.29 is 0 Å². The normalized spacial score (nSPS) is 10.8. The molecule has 2 aromatic heterocycles. The van der Waals surface area contributed by atoms with Crippen LogP contribution in [0.25, 0.3) is 12.2 Å². The van der Waals surface area contributed by atoms with Crippen LogP contribution in [0.2, 0.25) is 0 Å². The van der Waals surface area contributed by atoms with E-state index in [0.717, 1.165) is 5.82 Å². The summed E-state index contributed by atoms with van der Waals surface area (Å²) >= 11 is 0. The van der Waals surface area contributed by atoms with E-state index in [1.54, 1.807) is 36.9 Å². The molecular weight excluding hydrogens is 164 g/mol. The van der Waals surface area contributed by atoms with Crippen molar-refractivity contribution in [3.63, 3.8) is 0 Å². The zero-order valence-electron chi connectivity index (χ0n) is 6.88. The molecule has 0 fully saturated rings. The van der Waals surface area contributed by atoms with Gasteiger partial charge in [0.15, 0.2) is 5.82 Å². The lowest BCUT2D eigenvalue weighted by molar-refractivity contribution is 1.13. The smallest absolute Gasteiger partial charge is 0.151 e. The summed E-state index contributed by atoms with van der Waals surface area (Å²) < 4.78 is 0. The number of nitrogens with zero attached hydrogens (tertiary/aromatic N) is 3. The summed E-state index contributed by atoms with van der Waals surface area (Å²) in [6.07, 6.45) is 10.5. The number of hydrogen-bond acceptors (Lipinski definition) is 3. The molecule has 0 bridgehead atoms. The van der Waals surface area contributed by atoms with Crippen molar-refractivity contribution in [3.8, 4) is 0 Å². The van der Waals surface area contributed by atoms with Crippen LogP contribution < -0.4 is 0 Å². The van der Waals surface area contributed by atoms with E-state index in [1.807, 2.05) is 6.08 Å². The van der Waals surface area contributed by atoms with Crippen LogP contribution >= 0.6 is 0 Å². The van der Waals surface area contributed by atoms with Crippen LogP contribution in [-0.2, 0) is 0 Å². The maximum Gasteiger partial charge on any atom is 0.151 e. The SMILES string of the molecule is C(=Cc1ncc[nH]1)c1ncccn1. The minimum absolute atomic E-state index is 0.680. The Morgan fingerprint density at radius 2 is 1.85 bits per heavy atom. The summed E-state index contributed by atoms with van der Waals surface area (Å²) in [5.41, 5.74) is 0. The molecule has 0 radical (unpaired) electrons. The third kappa shape index (κ3) is 1.99. The van der Waals surface area contributed by atoms with Crippen molar-refractivity contribution >= 4 is 12.2 Å². The molecule has 0 unspecified atom stereocenters. The van der Waals surface area contributed by atoms with E-state index in [4.69, 9.17) is 0 Å². The molecule has 64 valence electrons. The van der Waals surface area contributed by atoms with Gasteiger partial charge in [-0.05, 0) is 18.2 Å². The maximum absolute atomic E-state index is 4.04. The highest BCUT2D eigenvalue weighted by Gasteiger charge is 1.88. The summed E-state index contributed by atoms with van der Waals surface area (Å²) in [6, 6.07) is 1.78. The van der Waals surface area contributed by atoms with Crippen molar-refractivity contribution in [1.82, 2.24) is 19.9 Å². The Kier molecular flexibility index (Phi) is 2.14. The zero-order chi connectivity index (χ0) is 8.93. The number of nitrogens with one attached hydrogen (secondary N) is 1. The van der Waals surface area contributed by atoms with E-state index in [0.29, 0.717) is 5.82 Å². The minimum Gasteiger partial charge on any atom is -0.345 e. The third-order valence-electron chi connectivity index (χ3n) is 1.50. The molecule has 1 N–H and O–H groups in total. The second-order valence-electron chi connectivity index (χ2n) is 2.41. The highest BCUT2D eigenvalue weighted by Crippen LogP contribution is 1.97. The van der Waals surface area contributed by atoms with Gasteiger partial charge in [0.25, 0.3) is 0 Å². The van der Waals surface area contributed by atoms with Gasteiger partial charge in [-0.15, -0.1) is 0 Å². The lowest BCUT2D eigenvalue weighted by Gasteiger charge is -1.87. The minimum atomic E-state index is 0.680. The van der Waals surface area contributed by atoms with E-state index in [-0.39, 0.29) is 0 Å². The van der Waals surface area contributed by atoms with Gasteiger partial charge in [-0.25, -0.2) is 15.0 Å². The molecule has 0 amide bonds. The summed E-state index contributed by atoms with van der Waals surface area (Å²) in [4.78, 5) is 15.1. The molecule has 0 saturated carbocycles. The molecule has 4 heteroatoms. The van der Waals surface area contributed by atoms with Crippen LogP contribution in [-0.4, -0.2) is 19.9 Å². The number of hydrogen-bond donors (Lipinski definition) is 1. The van der Waals surface area contributed by atoms with Gasteiger partial charge in [0.1, 0.15) is 5.82 Å². The second kappa shape index (κ2) is 3.62. The van der Waals surface area contributed by atoms with E-state index in [1.165, 1.54) is 0 Å². The molecule has 0 atom stereocenters. The largest absolute Gasteiger partial charge is 0.345 e. The number of aromatic amines is 1. The Morgan fingerprint density at radius 1 is 1.00 bits per heavy atom. The van der Waals surface area contributed by atoms with Crippen molar-refractivity contribution in [2.24, 2.45) is 0 Å². The van der Waals surface area contributed by atoms with Crippen molar-refractivity contribution in [2.75, 3.05) is 0 Å². The Labute approximate surface area is 75.4 Å². The summed E-state index contributed by atoms with van der Waals surface area (Å²) in [5.74, 6) is 1.48. The molecule has 0 aromatic carbocycles. The fourth-order valence-electron chi connectivity index (χ4n) is 0.919. The van der Waals surface area contributed by atoms with Crippen LogP contribution in [0.3, 0.4) is 0 Å². The molecule has 2 rings (SSSR count). The first kappa shape index (κ1) is 7.67. The lowest BCUT2D eigenvalue weighted by Crippen LogP contribution is -1.83. The second-order valence-corrected chi connectivity index (χ2v) is 2.41. The van der Waals surface area contributed by atoms with Crippen molar-refractivity contribution in [3.05, 3.63) is 42.5 Å². The quantitative estimate of drug-likeness (QED) is 0.744. The molecule has 2 heterocycles. The van der Waals surface area contributed by atoms with Gasteiger partial charge in [-0.3, -0.25) is 0 Å². The average molecular weight is 172 g/mol. The molecule has 0 aliphatic heterocycles. The van der Waals surface area contributed by atoms with Crippen LogP contribution in [0.1, 0.15) is 11.6 Å². The average Bonchev–Trinajstić information content (AvgIpc) is 2.69. The molecular formula is C9H8N4. The predicted molar refractivity (Wildman–Crippen MR) is 49.5 cm³/mol. The van der Waals surface area contributed by atoms with Gasteiger partial charge >= 0.3 is 0 Å². The standard InChI is InChI=1S/C9H8N4/c1-4-10-8(11-5-1)2-3-9-12-6-7-13-9/h1-7H,(H,12,13). The topological polar surface area (TPSA) is 54.5 Å². The van der Waals surface area contributed by atoms with Crippen molar-refractivity contribution in [1.29, 1.82) is 0 Å². The van der Waals surface area contributed by atoms with Gasteiger partial charge < -0.3 is 4.98 Å². The van der Waals surface area contributed by atoms with E-state index < -0.39 is 0 Å². The third-order valence-corrected chi connectivity index (χ3v) is 1.50.